The number of hydrogen-bond acceptors (Lipinski definition) is 5. The van der Waals surface area contributed by atoms with Gasteiger partial charge in [-0.15, -0.1) is 0 Å². The third-order valence-electron chi connectivity index (χ3n) is 8.21. The lowest BCUT2D eigenvalue weighted by molar-refractivity contribution is -0.180. The van der Waals surface area contributed by atoms with E-state index in [1.165, 1.54) is 0 Å². The van der Waals surface area contributed by atoms with Crippen molar-refractivity contribution in [3.8, 4) is 5.75 Å². The van der Waals surface area contributed by atoms with Gasteiger partial charge in [-0.2, -0.15) is 0 Å². The molecule has 162 valence electrons. The van der Waals surface area contributed by atoms with Gasteiger partial charge in [-0.25, -0.2) is 4.79 Å². The monoisotopic (exact) mass is 413 g/mol. The molecule has 0 aromatic heterocycles. The number of aliphatic hydroxyl groups is 1. The van der Waals surface area contributed by atoms with Gasteiger partial charge in [0.25, 0.3) is 5.91 Å². The van der Waals surface area contributed by atoms with Crippen molar-refractivity contribution in [2.75, 3.05) is 13.1 Å². The van der Waals surface area contributed by atoms with E-state index in [0.717, 1.165) is 37.1 Å². The van der Waals surface area contributed by atoms with Gasteiger partial charge < -0.3 is 15.5 Å². The van der Waals surface area contributed by atoms with Crippen molar-refractivity contribution < 1.29 is 19.8 Å². The van der Waals surface area contributed by atoms with E-state index in [1.54, 1.807) is 12.1 Å². The molecule has 7 nitrogen and oxygen atoms in total. The van der Waals surface area contributed by atoms with Crippen molar-refractivity contribution >= 4 is 11.9 Å². The number of carbonyl (C=O) groups excluding carboxylic acids is 2. The molecule has 2 unspecified atom stereocenters. The molecule has 3 amide bonds. The number of phenolic OH excluding ortho intramolecular Hbond substituents is 1. The molecule has 0 radical (unpaired) electrons. The van der Waals surface area contributed by atoms with E-state index < -0.39 is 22.6 Å². The number of amides is 3. The highest BCUT2D eigenvalue weighted by molar-refractivity contribution is 6.07. The zero-order valence-corrected chi connectivity index (χ0v) is 17.7. The van der Waals surface area contributed by atoms with Crippen molar-refractivity contribution in [1.29, 1.82) is 0 Å². The molecule has 1 aromatic carbocycles. The molecular formula is C23H31N3O4. The van der Waals surface area contributed by atoms with Crippen LogP contribution in [0.3, 0.4) is 0 Å². The lowest BCUT2D eigenvalue weighted by atomic mass is 9.46. The molecule has 2 saturated heterocycles. The number of hydrogen-bond donors (Lipinski definition) is 4. The molecule has 2 bridgehead atoms. The van der Waals surface area contributed by atoms with Crippen LogP contribution in [0.1, 0.15) is 57.1 Å². The first kappa shape index (κ1) is 19.8. The van der Waals surface area contributed by atoms with Crippen LogP contribution in [0.4, 0.5) is 4.79 Å². The highest BCUT2D eigenvalue weighted by Gasteiger charge is 2.69. The quantitative estimate of drug-likeness (QED) is 0.566. The molecule has 2 aliphatic heterocycles. The van der Waals surface area contributed by atoms with Gasteiger partial charge in [-0.05, 0) is 80.8 Å². The molecule has 1 saturated carbocycles. The van der Waals surface area contributed by atoms with Crippen LogP contribution >= 0.6 is 0 Å². The molecule has 4 N–H and O–H groups in total. The van der Waals surface area contributed by atoms with Crippen molar-refractivity contribution in [3.05, 3.63) is 29.3 Å². The van der Waals surface area contributed by atoms with Crippen LogP contribution in [0, 0.1) is 5.92 Å². The fraction of sp³-hybridized carbons (Fsp3) is 0.652. The number of fused-ring (bicyclic) bond motifs is 1. The average molecular weight is 414 g/mol. The minimum absolute atomic E-state index is 0.0282. The summed E-state index contributed by atoms with van der Waals surface area (Å²) in [6.45, 7) is 6.21. The first-order chi connectivity index (χ1) is 14.2. The molecule has 1 aromatic rings. The number of carbonyl (C=O) groups is 2. The van der Waals surface area contributed by atoms with E-state index in [9.17, 15) is 19.8 Å². The molecule has 7 heteroatoms. The van der Waals surface area contributed by atoms with Crippen LogP contribution in [-0.2, 0) is 16.6 Å². The summed E-state index contributed by atoms with van der Waals surface area (Å²) in [5, 5.41) is 27.8. The molecule has 30 heavy (non-hydrogen) atoms. The predicted octanol–water partition coefficient (Wildman–Crippen LogP) is 1.80. The summed E-state index contributed by atoms with van der Waals surface area (Å²) >= 11 is 0. The zero-order chi connectivity index (χ0) is 21.3. The highest BCUT2D eigenvalue weighted by Crippen LogP contribution is 2.60. The second kappa shape index (κ2) is 6.44. The SMILES string of the molecule is CC(C)CCN1CCC23C[C@]4(CC[C@@]2(O)C1Cc1ccc(O)cc13)NC(=O)NC4=O. The summed E-state index contributed by atoms with van der Waals surface area (Å²) in [4.78, 5) is 27.2. The van der Waals surface area contributed by atoms with Crippen LogP contribution in [0.2, 0.25) is 0 Å². The maximum absolute atomic E-state index is 12.8. The normalized spacial score (nSPS) is 37.7. The molecule has 5 rings (SSSR count). The van der Waals surface area contributed by atoms with Crippen molar-refractivity contribution in [3.63, 3.8) is 0 Å². The van der Waals surface area contributed by atoms with Crippen molar-refractivity contribution in [2.24, 2.45) is 5.92 Å². The molecule has 4 aliphatic rings. The Labute approximate surface area is 176 Å². The van der Waals surface area contributed by atoms with Gasteiger partial charge in [-0.1, -0.05) is 19.9 Å². The van der Waals surface area contributed by atoms with E-state index in [4.69, 9.17) is 0 Å². The Bertz CT molecular complexity index is 918. The summed E-state index contributed by atoms with van der Waals surface area (Å²) in [7, 11) is 0. The zero-order valence-electron chi connectivity index (χ0n) is 17.7. The molecule has 3 fully saturated rings. The fourth-order valence-electron chi connectivity index (χ4n) is 6.66. The number of urea groups is 1. The first-order valence-electron chi connectivity index (χ1n) is 11.1. The van der Waals surface area contributed by atoms with Gasteiger partial charge >= 0.3 is 6.03 Å². The number of piperidine rings is 1. The second-order valence-corrected chi connectivity index (χ2v) is 10.2. The van der Waals surface area contributed by atoms with Gasteiger partial charge in [0.05, 0.1) is 5.60 Å². The first-order valence-corrected chi connectivity index (χ1v) is 11.1. The van der Waals surface area contributed by atoms with Crippen molar-refractivity contribution in [2.45, 2.75) is 75.0 Å². The average Bonchev–Trinajstić information content (AvgIpc) is 2.95. The van der Waals surface area contributed by atoms with Crippen LogP contribution in [-0.4, -0.2) is 57.3 Å². The molecule has 4 atom stereocenters. The maximum Gasteiger partial charge on any atom is 0.322 e. The Morgan fingerprint density at radius 2 is 2.03 bits per heavy atom. The molecule has 2 heterocycles. The Hall–Kier alpha value is -2.12. The van der Waals surface area contributed by atoms with E-state index in [1.807, 2.05) is 6.07 Å². The maximum atomic E-state index is 12.8. The summed E-state index contributed by atoms with van der Waals surface area (Å²) in [6.07, 6.45) is 3.73. The minimum Gasteiger partial charge on any atom is -0.508 e. The van der Waals surface area contributed by atoms with Crippen LogP contribution in [0.15, 0.2) is 18.2 Å². The summed E-state index contributed by atoms with van der Waals surface area (Å²) in [6, 6.07) is 4.95. The minimum atomic E-state index is -0.998. The number of imide groups is 1. The topological polar surface area (TPSA) is 102 Å². The van der Waals surface area contributed by atoms with Gasteiger partial charge in [0.1, 0.15) is 11.3 Å². The van der Waals surface area contributed by atoms with Gasteiger partial charge in [0.2, 0.25) is 0 Å². The van der Waals surface area contributed by atoms with E-state index in [-0.39, 0.29) is 17.7 Å². The summed E-state index contributed by atoms with van der Waals surface area (Å²) in [5.74, 6) is 0.465. The third kappa shape index (κ3) is 2.57. The van der Waals surface area contributed by atoms with Gasteiger partial charge in [-0.3, -0.25) is 15.0 Å². The largest absolute Gasteiger partial charge is 0.508 e. The molecule has 1 spiro atoms. The van der Waals surface area contributed by atoms with E-state index in [0.29, 0.717) is 31.6 Å². The van der Waals surface area contributed by atoms with E-state index >= 15 is 0 Å². The lowest BCUT2D eigenvalue weighted by Crippen LogP contribution is -2.76. The smallest absolute Gasteiger partial charge is 0.322 e. The number of rotatable bonds is 3. The van der Waals surface area contributed by atoms with Gasteiger partial charge in [0.15, 0.2) is 0 Å². The highest BCUT2D eigenvalue weighted by atomic mass is 16.3. The number of likely N-dealkylation sites (tertiary alicyclic amines) is 1. The Morgan fingerprint density at radius 3 is 2.73 bits per heavy atom. The molecular weight excluding hydrogens is 382 g/mol. The Balaban J connectivity index is 1.62. The van der Waals surface area contributed by atoms with Crippen LogP contribution < -0.4 is 10.6 Å². The fourth-order valence-corrected chi connectivity index (χ4v) is 6.66. The number of nitrogens with zero attached hydrogens (tertiary/aromatic N) is 1. The lowest BCUT2D eigenvalue weighted by Gasteiger charge is -2.65. The molecule has 2 aliphatic carbocycles. The van der Waals surface area contributed by atoms with Crippen LogP contribution in [0.25, 0.3) is 0 Å². The summed E-state index contributed by atoms with van der Waals surface area (Å²) < 4.78 is 0. The van der Waals surface area contributed by atoms with E-state index in [2.05, 4.69) is 29.4 Å². The second-order valence-electron chi connectivity index (χ2n) is 10.2. The Kier molecular flexibility index (Phi) is 4.25. The third-order valence-corrected chi connectivity index (χ3v) is 8.21. The Morgan fingerprint density at radius 1 is 1.23 bits per heavy atom. The van der Waals surface area contributed by atoms with Crippen molar-refractivity contribution in [1.82, 2.24) is 15.5 Å². The van der Waals surface area contributed by atoms with Gasteiger partial charge in [0, 0.05) is 11.5 Å². The van der Waals surface area contributed by atoms with Crippen LogP contribution in [0.5, 0.6) is 5.75 Å². The standard InChI is InChI=1S/C23H31N3O4/c1-14(2)5-9-26-10-8-21-13-22(19(28)24-20(29)25-22)6-7-23(21,30)18(26)11-15-3-4-16(27)12-17(15)21/h3-4,12,14,18,27,30H,5-11,13H2,1-2H3,(H2,24,25,28,29)/t18?,21?,22-,23+/m0/s1. The number of phenols is 1. The number of aromatic hydroxyl groups is 1. The number of benzene rings is 1. The summed E-state index contributed by atoms with van der Waals surface area (Å²) in [5.41, 5.74) is -0.599. The predicted molar refractivity (Wildman–Crippen MR) is 111 cm³/mol. The number of nitrogens with one attached hydrogen (secondary N) is 2.